The van der Waals surface area contributed by atoms with E-state index in [1.54, 1.807) is 17.4 Å². The average molecular weight is 316 g/mol. The maximum absolute atomic E-state index is 12.6. The summed E-state index contributed by atoms with van der Waals surface area (Å²) in [6.07, 6.45) is -0.929. The van der Waals surface area contributed by atoms with Crippen molar-refractivity contribution in [1.82, 2.24) is 0 Å². The molecule has 2 N–H and O–H groups in total. The third-order valence-electron chi connectivity index (χ3n) is 3.49. The Labute approximate surface area is 131 Å². The van der Waals surface area contributed by atoms with Crippen LogP contribution in [0.25, 0.3) is 20.2 Å². The first-order chi connectivity index (χ1) is 10.6. The molecule has 0 saturated heterocycles. The lowest BCUT2D eigenvalue weighted by Gasteiger charge is -2.12. The molecule has 0 fully saturated rings. The molecule has 0 spiro atoms. The standard InChI is InChI=1S/C17H16O4S/c1-10-6-12(21-9-11(19)8-18)7-14-16(20)13-4-2-3-5-15(13)22-17(10)14/h2-7,11,18-19H,8-9H2,1H3. The first-order valence-corrected chi connectivity index (χ1v) is 7.79. The monoisotopic (exact) mass is 316 g/mol. The van der Waals surface area contributed by atoms with Gasteiger partial charge in [-0.3, -0.25) is 4.79 Å². The van der Waals surface area contributed by atoms with E-state index >= 15 is 0 Å². The van der Waals surface area contributed by atoms with E-state index in [1.807, 2.05) is 37.3 Å². The predicted molar refractivity (Wildman–Crippen MR) is 88.9 cm³/mol. The minimum absolute atomic E-state index is 0.00729. The normalized spacial score (nSPS) is 12.7. The van der Waals surface area contributed by atoms with Crippen LogP contribution in [-0.2, 0) is 0 Å². The van der Waals surface area contributed by atoms with Gasteiger partial charge in [-0.1, -0.05) is 12.1 Å². The number of fused-ring (bicyclic) bond motifs is 2. The van der Waals surface area contributed by atoms with Crippen LogP contribution in [0.3, 0.4) is 0 Å². The number of aryl methyl sites for hydroxylation is 1. The van der Waals surface area contributed by atoms with Crippen molar-refractivity contribution < 1.29 is 14.9 Å². The highest BCUT2D eigenvalue weighted by Crippen LogP contribution is 2.30. The Hall–Kier alpha value is -1.95. The summed E-state index contributed by atoms with van der Waals surface area (Å²) in [6, 6.07) is 11.1. The zero-order chi connectivity index (χ0) is 15.7. The van der Waals surface area contributed by atoms with E-state index in [4.69, 9.17) is 9.84 Å². The van der Waals surface area contributed by atoms with E-state index < -0.39 is 6.10 Å². The molecule has 5 heteroatoms. The summed E-state index contributed by atoms with van der Waals surface area (Å²) in [4.78, 5) is 12.6. The highest BCUT2D eigenvalue weighted by atomic mass is 32.1. The summed E-state index contributed by atoms with van der Waals surface area (Å²) in [6.45, 7) is 1.57. The number of aliphatic hydroxyl groups excluding tert-OH is 2. The topological polar surface area (TPSA) is 66.8 Å². The molecule has 0 saturated carbocycles. The zero-order valence-electron chi connectivity index (χ0n) is 12.1. The third-order valence-corrected chi connectivity index (χ3v) is 4.81. The summed E-state index contributed by atoms with van der Waals surface area (Å²) in [5.74, 6) is 0.525. The molecule has 3 rings (SSSR count). The summed E-state index contributed by atoms with van der Waals surface area (Å²) < 4.78 is 7.38. The predicted octanol–water partition coefficient (Wildman–Crippen LogP) is 2.46. The number of hydrogen-bond acceptors (Lipinski definition) is 5. The number of ether oxygens (including phenoxy) is 1. The van der Waals surface area contributed by atoms with Crippen molar-refractivity contribution in [2.45, 2.75) is 13.0 Å². The molecule has 114 valence electrons. The van der Waals surface area contributed by atoms with Crippen LogP contribution in [0.15, 0.2) is 41.2 Å². The first-order valence-electron chi connectivity index (χ1n) is 6.98. The van der Waals surface area contributed by atoms with Crippen LogP contribution in [0.4, 0.5) is 0 Å². The molecule has 2 aromatic carbocycles. The molecule has 1 unspecified atom stereocenters. The van der Waals surface area contributed by atoms with Crippen molar-refractivity contribution in [3.05, 3.63) is 52.2 Å². The van der Waals surface area contributed by atoms with Gasteiger partial charge >= 0.3 is 0 Å². The first kappa shape index (κ1) is 15.0. The van der Waals surface area contributed by atoms with E-state index in [-0.39, 0.29) is 18.6 Å². The van der Waals surface area contributed by atoms with Gasteiger partial charge in [0.15, 0.2) is 5.43 Å². The van der Waals surface area contributed by atoms with E-state index in [1.165, 1.54) is 0 Å². The Kier molecular flexibility index (Phi) is 4.11. The Morgan fingerprint density at radius 1 is 1.23 bits per heavy atom. The maximum Gasteiger partial charge on any atom is 0.196 e. The van der Waals surface area contributed by atoms with Crippen LogP contribution in [0.2, 0.25) is 0 Å². The van der Waals surface area contributed by atoms with Gasteiger partial charge in [0.25, 0.3) is 0 Å². The fraction of sp³-hybridized carbons (Fsp3) is 0.235. The van der Waals surface area contributed by atoms with Crippen molar-refractivity contribution in [2.24, 2.45) is 0 Å². The molecule has 1 heterocycles. The van der Waals surface area contributed by atoms with Crippen LogP contribution in [0.1, 0.15) is 5.56 Å². The Morgan fingerprint density at radius 2 is 2.00 bits per heavy atom. The second-order valence-corrected chi connectivity index (χ2v) is 6.24. The molecule has 3 aromatic rings. The lowest BCUT2D eigenvalue weighted by atomic mass is 10.1. The van der Waals surface area contributed by atoms with E-state index in [9.17, 15) is 9.90 Å². The molecule has 1 aromatic heterocycles. The highest BCUT2D eigenvalue weighted by molar-refractivity contribution is 7.24. The summed E-state index contributed by atoms with van der Waals surface area (Å²) >= 11 is 1.58. The molecule has 0 bridgehead atoms. The molecule has 1 atom stereocenters. The molecule has 0 aliphatic rings. The lowest BCUT2D eigenvalue weighted by molar-refractivity contribution is 0.0536. The number of aliphatic hydroxyl groups is 2. The Bertz CT molecular complexity index is 885. The molecular weight excluding hydrogens is 300 g/mol. The third kappa shape index (κ3) is 2.70. The van der Waals surface area contributed by atoms with Crippen molar-refractivity contribution in [2.75, 3.05) is 13.2 Å². The van der Waals surface area contributed by atoms with Crippen molar-refractivity contribution >= 4 is 31.5 Å². The summed E-state index contributed by atoms with van der Waals surface area (Å²) in [5.41, 5.74) is 0.944. The van der Waals surface area contributed by atoms with Crippen molar-refractivity contribution in [1.29, 1.82) is 0 Å². The van der Waals surface area contributed by atoms with Gasteiger partial charge in [0, 0.05) is 20.2 Å². The van der Waals surface area contributed by atoms with Gasteiger partial charge in [-0.25, -0.2) is 0 Å². The Balaban J connectivity index is 2.14. The zero-order valence-corrected chi connectivity index (χ0v) is 12.9. The summed E-state index contributed by atoms with van der Waals surface area (Å²) in [5, 5.41) is 19.5. The summed E-state index contributed by atoms with van der Waals surface area (Å²) in [7, 11) is 0. The van der Waals surface area contributed by atoms with Crippen molar-refractivity contribution in [3.8, 4) is 5.75 Å². The molecule has 4 nitrogen and oxygen atoms in total. The Morgan fingerprint density at radius 3 is 2.77 bits per heavy atom. The van der Waals surface area contributed by atoms with Gasteiger partial charge in [-0.2, -0.15) is 0 Å². The van der Waals surface area contributed by atoms with Crippen LogP contribution in [0.5, 0.6) is 5.75 Å². The van der Waals surface area contributed by atoms with Gasteiger partial charge in [-0.15, -0.1) is 11.3 Å². The largest absolute Gasteiger partial charge is 0.491 e. The van der Waals surface area contributed by atoms with E-state index in [0.29, 0.717) is 16.5 Å². The fourth-order valence-electron chi connectivity index (χ4n) is 2.37. The minimum atomic E-state index is -0.929. The van der Waals surface area contributed by atoms with E-state index in [0.717, 1.165) is 15.0 Å². The van der Waals surface area contributed by atoms with Crippen LogP contribution in [0, 0.1) is 6.92 Å². The molecular formula is C17H16O4S. The molecule has 0 aliphatic heterocycles. The SMILES string of the molecule is Cc1cc(OCC(O)CO)cc2c(=O)c3ccccc3sc12. The number of rotatable bonds is 4. The second-order valence-electron chi connectivity index (χ2n) is 5.19. The van der Waals surface area contributed by atoms with Crippen LogP contribution < -0.4 is 10.2 Å². The van der Waals surface area contributed by atoms with E-state index in [2.05, 4.69) is 0 Å². The number of hydrogen-bond donors (Lipinski definition) is 2. The molecule has 22 heavy (non-hydrogen) atoms. The second kappa shape index (κ2) is 6.04. The van der Waals surface area contributed by atoms with Gasteiger partial charge in [0.1, 0.15) is 18.5 Å². The minimum Gasteiger partial charge on any atom is -0.491 e. The fourth-order valence-corrected chi connectivity index (χ4v) is 3.49. The van der Waals surface area contributed by atoms with Crippen LogP contribution in [-0.4, -0.2) is 29.5 Å². The van der Waals surface area contributed by atoms with Gasteiger partial charge < -0.3 is 14.9 Å². The average Bonchev–Trinajstić information content (AvgIpc) is 2.54. The van der Waals surface area contributed by atoms with Crippen LogP contribution >= 0.6 is 11.3 Å². The smallest absolute Gasteiger partial charge is 0.196 e. The molecule has 0 radical (unpaired) electrons. The van der Waals surface area contributed by atoms with Crippen molar-refractivity contribution in [3.63, 3.8) is 0 Å². The highest BCUT2D eigenvalue weighted by Gasteiger charge is 2.11. The number of benzene rings is 2. The van der Waals surface area contributed by atoms with Gasteiger partial charge in [0.2, 0.25) is 0 Å². The molecule has 0 aliphatic carbocycles. The lowest BCUT2D eigenvalue weighted by Crippen LogP contribution is -2.21. The van der Waals surface area contributed by atoms with Gasteiger partial charge in [-0.05, 0) is 36.8 Å². The van der Waals surface area contributed by atoms with Gasteiger partial charge in [0.05, 0.1) is 6.61 Å². The quantitative estimate of drug-likeness (QED) is 0.726. The molecule has 0 amide bonds. The maximum atomic E-state index is 12.6.